The molecule has 116 valence electrons. The van der Waals surface area contributed by atoms with Gasteiger partial charge in [-0.2, -0.15) is 0 Å². The largest absolute Gasteiger partial charge is 0.452 e. The standard InChI is InChI=1S/C18H19NO2.ClH/c1-2-19-16-12-14-10-6-7-11-15(14)17(16)21-18(20)13-8-4-3-5-9-13;/h3-11,16-17,19H,2,12H2,1H3;1H. The highest BCUT2D eigenvalue weighted by Gasteiger charge is 2.34. The number of carbonyl (C=O) groups is 1. The molecule has 3 rings (SSSR count). The van der Waals surface area contributed by atoms with E-state index in [0.29, 0.717) is 5.56 Å². The molecular weight excluding hydrogens is 298 g/mol. The first-order valence-corrected chi connectivity index (χ1v) is 7.37. The fourth-order valence-corrected chi connectivity index (χ4v) is 2.90. The summed E-state index contributed by atoms with van der Waals surface area (Å²) in [6, 6.07) is 17.5. The van der Waals surface area contributed by atoms with Crippen molar-refractivity contribution in [1.29, 1.82) is 0 Å². The number of likely N-dealkylation sites (N-methyl/N-ethyl adjacent to an activating group) is 1. The summed E-state index contributed by atoms with van der Waals surface area (Å²) < 4.78 is 5.79. The molecule has 3 nitrogen and oxygen atoms in total. The van der Waals surface area contributed by atoms with Gasteiger partial charge in [0.1, 0.15) is 6.10 Å². The van der Waals surface area contributed by atoms with Gasteiger partial charge >= 0.3 is 5.97 Å². The molecule has 2 atom stereocenters. The highest BCUT2D eigenvalue weighted by atomic mass is 35.5. The number of rotatable bonds is 4. The maximum absolute atomic E-state index is 12.3. The Kier molecular flexibility index (Phi) is 5.58. The second-order valence-corrected chi connectivity index (χ2v) is 5.26. The third-order valence-electron chi connectivity index (χ3n) is 3.88. The minimum absolute atomic E-state index is 0. The minimum Gasteiger partial charge on any atom is -0.452 e. The van der Waals surface area contributed by atoms with Gasteiger partial charge in [0.05, 0.1) is 11.6 Å². The molecule has 0 saturated carbocycles. The lowest BCUT2D eigenvalue weighted by Crippen LogP contribution is -2.34. The zero-order valence-electron chi connectivity index (χ0n) is 12.5. The molecule has 22 heavy (non-hydrogen) atoms. The number of carbonyl (C=O) groups excluding carboxylic acids is 1. The molecule has 0 saturated heterocycles. The molecule has 1 aliphatic carbocycles. The van der Waals surface area contributed by atoms with E-state index in [9.17, 15) is 4.79 Å². The summed E-state index contributed by atoms with van der Waals surface area (Å²) in [5.74, 6) is -0.264. The van der Waals surface area contributed by atoms with Crippen molar-refractivity contribution in [2.24, 2.45) is 0 Å². The predicted molar refractivity (Wildman–Crippen MR) is 89.5 cm³/mol. The van der Waals surface area contributed by atoms with Crippen molar-refractivity contribution in [3.05, 3.63) is 71.3 Å². The third kappa shape index (κ3) is 3.32. The molecule has 2 aromatic rings. The van der Waals surface area contributed by atoms with E-state index >= 15 is 0 Å². The van der Waals surface area contributed by atoms with E-state index in [0.717, 1.165) is 18.5 Å². The Bertz CT molecular complexity index is 630. The van der Waals surface area contributed by atoms with E-state index in [-0.39, 0.29) is 30.5 Å². The van der Waals surface area contributed by atoms with Gasteiger partial charge in [0.25, 0.3) is 0 Å². The first-order valence-electron chi connectivity index (χ1n) is 7.37. The summed E-state index contributed by atoms with van der Waals surface area (Å²) >= 11 is 0. The van der Waals surface area contributed by atoms with E-state index in [4.69, 9.17) is 4.74 Å². The van der Waals surface area contributed by atoms with E-state index in [1.54, 1.807) is 12.1 Å². The molecule has 0 bridgehead atoms. The van der Waals surface area contributed by atoms with E-state index in [1.165, 1.54) is 5.56 Å². The third-order valence-corrected chi connectivity index (χ3v) is 3.88. The zero-order valence-corrected chi connectivity index (χ0v) is 13.3. The molecule has 0 heterocycles. The van der Waals surface area contributed by atoms with Crippen LogP contribution < -0.4 is 5.32 Å². The van der Waals surface area contributed by atoms with Crippen LogP contribution >= 0.6 is 12.4 Å². The molecule has 0 amide bonds. The zero-order chi connectivity index (χ0) is 14.7. The monoisotopic (exact) mass is 317 g/mol. The molecule has 0 spiro atoms. The Morgan fingerprint density at radius 1 is 1.14 bits per heavy atom. The lowest BCUT2D eigenvalue weighted by Gasteiger charge is -2.21. The van der Waals surface area contributed by atoms with Gasteiger partial charge in [0.2, 0.25) is 0 Å². The number of fused-ring (bicyclic) bond motifs is 1. The Labute approximate surface area is 137 Å². The summed E-state index contributed by atoms with van der Waals surface area (Å²) in [4.78, 5) is 12.3. The van der Waals surface area contributed by atoms with E-state index in [2.05, 4.69) is 24.4 Å². The topological polar surface area (TPSA) is 38.3 Å². The van der Waals surface area contributed by atoms with Crippen LogP contribution in [0.15, 0.2) is 54.6 Å². The van der Waals surface area contributed by atoms with Crippen LogP contribution in [0.25, 0.3) is 0 Å². The smallest absolute Gasteiger partial charge is 0.338 e. The SMILES string of the molecule is CCNC1Cc2ccccc2C1OC(=O)c1ccccc1.Cl. The van der Waals surface area contributed by atoms with Gasteiger partial charge in [-0.1, -0.05) is 49.4 Å². The molecule has 2 aromatic carbocycles. The molecule has 4 heteroatoms. The summed E-state index contributed by atoms with van der Waals surface area (Å²) in [5.41, 5.74) is 2.97. The first-order chi connectivity index (χ1) is 10.3. The van der Waals surface area contributed by atoms with Crippen LogP contribution in [0.1, 0.15) is 34.5 Å². The van der Waals surface area contributed by atoms with Crippen LogP contribution in [0.4, 0.5) is 0 Å². The highest BCUT2D eigenvalue weighted by molar-refractivity contribution is 5.89. The van der Waals surface area contributed by atoms with Gasteiger partial charge in [0, 0.05) is 0 Å². The van der Waals surface area contributed by atoms with Crippen LogP contribution in [-0.2, 0) is 11.2 Å². The number of hydrogen-bond acceptors (Lipinski definition) is 3. The number of esters is 1. The lowest BCUT2D eigenvalue weighted by molar-refractivity contribution is 0.0230. The Hall–Kier alpha value is -1.84. The summed E-state index contributed by atoms with van der Waals surface area (Å²) in [5, 5.41) is 3.42. The van der Waals surface area contributed by atoms with Gasteiger partial charge in [-0.05, 0) is 36.2 Å². The maximum atomic E-state index is 12.3. The van der Waals surface area contributed by atoms with Gasteiger partial charge in [-0.15, -0.1) is 12.4 Å². The van der Waals surface area contributed by atoms with Gasteiger partial charge < -0.3 is 10.1 Å². The van der Waals surface area contributed by atoms with Crippen LogP contribution in [0, 0.1) is 0 Å². The Balaban J connectivity index is 0.00000176. The minimum atomic E-state index is -0.264. The molecular formula is C18H20ClNO2. The Morgan fingerprint density at radius 3 is 2.55 bits per heavy atom. The van der Waals surface area contributed by atoms with Crippen LogP contribution in [0.3, 0.4) is 0 Å². The first kappa shape index (κ1) is 16.5. The van der Waals surface area contributed by atoms with E-state index in [1.807, 2.05) is 30.3 Å². The van der Waals surface area contributed by atoms with Crippen molar-refractivity contribution in [2.45, 2.75) is 25.5 Å². The van der Waals surface area contributed by atoms with E-state index < -0.39 is 0 Å². The fourth-order valence-electron chi connectivity index (χ4n) is 2.90. The molecule has 2 unspecified atom stereocenters. The fraction of sp³-hybridized carbons (Fsp3) is 0.278. The average molecular weight is 318 g/mol. The van der Waals surface area contributed by atoms with Crippen molar-refractivity contribution in [3.63, 3.8) is 0 Å². The molecule has 0 aliphatic heterocycles. The molecule has 1 aliphatic rings. The molecule has 0 aromatic heterocycles. The molecule has 1 N–H and O–H groups in total. The maximum Gasteiger partial charge on any atom is 0.338 e. The van der Waals surface area contributed by atoms with Gasteiger partial charge in [0.15, 0.2) is 0 Å². The van der Waals surface area contributed by atoms with Crippen molar-refractivity contribution >= 4 is 18.4 Å². The summed E-state index contributed by atoms with van der Waals surface area (Å²) in [6.45, 7) is 2.93. The van der Waals surface area contributed by atoms with Crippen LogP contribution in [-0.4, -0.2) is 18.6 Å². The van der Waals surface area contributed by atoms with Gasteiger partial charge in [-0.25, -0.2) is 4.79 Å². The van der Waals surface area contributed by atoms with Crippen molar-refractivity contribution in [1.82, 2.24) is 5.32 Å². The number of ether oxygens (including phenoxy) is 1. The summed E-state index contributed by atoms with van der Waals surface area (Å²) in [7, 11) is 0. The lowest BCUT2D eigenvalue weighted by atomic mass is 10.1. The number of hydrogen-bond donors (Lipinski definition) is 1. The average Bonchev–Trinajstić information content (AvgIpc) is 2.86. The van der Waals surface area contributed by atoms with Crippen molar-refractivity contribution in [3.8, 4) is 0 Å². The summed E-state index contributed by atoms with van der Waals surface area (Å²) in [6.07, 6.45) is 0.686. The number of halogens is 1. The second kappa shape index (κ2) is 7.43. The second-order valence-electron chi connectivity index (χ2n) is 5.26. The van der Waals surface area contributed by atoms with Crippen LogP contribution in [0.5, 0.6) is 0 Å². The Morgan fingerprint density at radius 2 is 1.82 bits per heavy atom. The van der Waals surface area contributed by atoms with Crippen LogP contribution in [0.2, 0.25) is 0 Å². The molecule has 0 radical (unpaired) electrons. The number of nitrogens with one attached hydrogen (secondary N) is 1. The highest BCUT2D eigenvalue weighted by Crippen LogP contribution is 2.34. The normalized spacial score (nSPS) is 19.1. The quantitative estimate of drug-likeness (QED) is 0.877. The predicted octanol–water partition coefficient (Wildman–Crippen LogP) is 3.54. The van der Waals surface area contributed by atoms with Crippen molar-refractivity contribution in [2.75, 3.05) is 6.54 Å². The molecule has 0 fully saturated rings. The number of benzene rings is 2. The van der Waals surface area contributed by atoms with Crippen molar-refractivity contribution < 1.29 is 9.53 Å². The van der Waals surface area contributed by atoms with Gasteiger partial charge in [-0.3, -0.25) is 0 Å².